The Labute approximate surface area is 209 Å². The highest BCUT2D eigenvalue weighted by atomic mass is 32.1. The zero-order valence-electron chi connectivity index (χ0n) is 20.0. The molecule has 2 atom stereocenters. The first kappa shape index (κ1) is 24.7. The highest BCUT2D eigenvalue weighted by molar-refractivity contribution is 7.10. The predicted molar refractivity (Wildman–Crippen MR) is 138 cm³/mol. The molecule has 4 rings (SSSR count). The van der Waals surface area contributed by atoms with Crippen LogP contribution >= 0.6 is 11.3 Å². The molecule has 1 aliphatic rings. The lowest BCUT2D eigenvalue weighted by Crippen LogP contribution is -2.53. The van der Waals surface area contributed by atoms with E-state index < -0.39 is 11.8 Å². The summed E-state index contributed by atoms with van der Waals surface area (Å²) in [4.78, 5) is 35.1. The molecule has 9 heteroatoms. The standard InChI is InChI=1S/C26H31N5O3S/c1-19(29-26(33)25(32)28-18-20-8-5-6-12-27-20)24(23-11-7-17-35-23)31-15-13-30(14-16-31)21-9-3-4-10-22(21)34-2/h3-12,17,19,24H,13-16,18H2,1-2H3,(H,28,32)(H,29,33)/t19-,24+/m0/s1. The van der Waals surface area contributed by atoms with Gasteiger partial charge in [-0.1, -0.05) is 24.3 Å². The van der Waals surface area contributed by atoms with Crippen LogP contribution in [0.5, 0.6) is 5.75 Å². The topological polar surface area (TPSA) is 86.8 Å². The third-order valence-electron chi connectivity index (χ3n) is 6.16. The molecule has 8 nitrogen and oxygen atoms in total. The van der Waals surface area contributed by atoms with Crippen LogP contribution in [0.3, 0.4) is 0 Å². The van der Waals surface area contributed by atoms with Gasteiger partial charge in [0.2, 0.25) is 0 Å². The molecule has 3 aromatic rings. The van der Waals surface area contributed by atoms with E-state index >= 15 is 0 Å². The first-order valence-corrected chi connectivity index (χ1v) is 12.6. The fraction of sp³-hybridized carbons (Fsp3) is 0.346. The Bertz CT molecular complexity index is 1100. The van der Waals surface area contributed by atoms with Crippen LogP contribution in [0, 0.1) is 0 Å². The second-order valence-corrected chi connectivity index (χ2v) is 9.40. The highest BCUT2D eigenvalue weighted by Crippen LogP contribution is 2.32. The Hall–Kier alpha value is -3.43. The van der Waals surface area contributed by atoms with Crippen LogP contribution in [0.2, 0.25) is 0 Å². The molecule has 2 aromatic heterocycles. The van der Waals surface area contributed by atoms with Gasteiger partial charge >= 0.3 is 11.8 Å². The zero-order valence-corrected chi connectivity index (χ0v) is 20.8. The minimum absolute atomic E-state index is 0.0256. The smallest absolute Gasteiger partial charge is 0.309 e. The van der Waals surface area contributed by atoms with Gasteiger partial charge in [-0.3, -0.25) is 19.5 Å². The molecule has 0 bridgehead atoms. The summed E-state index contributed by atoms with van der Waals surface area (Å²) in [5, 5.41) is 7.62. The van der Waals surface area contributed by atoms with Crippen molar-refractivity contribution in [3.05, 3.63) is 76.7 Å². The summed E-state index contributed by atoms with van der Waals surface area (Å²) in [6, 6.07) is 17.3. The molecule has 35 heavy (non-hydrogen) atoms. The van der Waals surface area contributed by atoms with E-state index in [2.05, 4.69) is 37.6 Å². The van der Waals surface area contributed by atoms with Gasteiger partial charge in [-0.15, -0.1) is 11.3 Å². The third-order valence-corrected chi connectivity index (χ3v) is 7.11. The number of rotatable bonds is 8. The maximum absolute atomic E-state index is 12.7. The van der Waals surface area contributed by atoms with Gasteiger partial charge in [0.15, 0.2) is 0 Å². The van der Waals surface area contributed by atoms with Crippen LogP contribution in [0.25, 0.3) is 0 Å². The second-order valence-electron chi connectivity index (χ2n) is 8.42. The SMILES string of the molecule is COc1ccccc1N1CCN([C@@H](c2cccs2)[C@H](C)NC(=O)C(=O)NCc2ccccn2)CC1. The number of amides is 2. The van der Waals surface area contributed by atoms with Crippen LogP contribution in [0.4, 0.5) is 5.69 Å². The summed E-state index contributed by atoms with van der Waals surface area (Å²) in [7, 11) is 1.69. The number of pyridine rings is 1. The molecule has 184 valence electrons. The number of piperazine rings is 1. The number of methoxy groups -OCH3 is 1. The van der Waals surface area contributed by atoms with Gasteiger partial charge in [-0.2, -0.15) is 0 Å². The number of nitrogens with one attached hydrogen (secondary N) is 2. The van der Waals surface area contributed by atoms with Crippen molar-refractivity contribution in [1.82, 2.24) is 20.5 Å². The fourth-order valence-electron chi connectivity index (χ4n) is 4.44. The fourth-order valence-corrected chi connectivity index (χ4v) is 5.40. The lowest BCUT2D eigenvalue weighted by atomic mass is 10.0. The minimum Gasteiger partial charge on any atom is -0.495 e. The molecule has 0 saturated carbocycles. The lowest BCUT2D eigenvalue weighted by molar-refractivity contribution is -0.140. The Morgan fingerprint density at radius 2 is 1.80 bits per heavy atom. The van der Waals surface area contributed by atoms with Gasteiger partial charge in [0.25, 0.3) is 0 Å². The molecule has 0 radical (unpaired) electrons. The number of carbonyl (C=O) groups is 2. The molecule has 0 aliphatic carbocycles. The third kappa shape index (κ3) is 6.17. The van der Waals surface area contributed by atoms with E-state index in [0.717, 1.165) is 42.5 Å². The quantitative estimate of drug-likeness (QED) is 0.470. The van der Waals surface area contributed by atoms with Crippen molar-refractivity contribution in [2.24, 2.45) is 0 Å². The van der Waals surface area contributed by atoms with Crippen LogP contribution in [-0.4, -0.2) is 61.0 Å². The minimum atomic E-state index is -0.659. The number of thiophene rings is 1. The Morgan fingerprint density at radius 3 is 2.49 bits per heavy atom. The maximum atomic E-state index is 12.7. The lowest BCUT2D eigenvalue weighted by Gasteiger charge is -2.42. The summed E-state index contributed by atoms with van der Waals surface area (Å²) in [5.74, 6) is -0.427. The largest absolute Gasteiger partial charge is 0.495 e. The molecule has 0 spiro atoms. The number of anilines is 1. The van der Waals surface area contributed by atoms with Crippen molar-refractivity contribution < 1.29 is 14.3 Å². The zero-order chi connectivity index (χ0) is 24.6. The Balaban J connectivity index is 1.38. The van der Waals surface area contributed by atoms with E-state index in [-0.39, 0.29) is 18.6 Å². The monoisotopic (exact) mass is 493 g/mol. The van der Waals surface area contributed by atoms with Gasteiger partial charge in [-0.05, 0) is 42.6 Å². The number of para-hydroxylation sites is 2. The van der Waals surface area contributed by atoms with E-state index in [1.807, 2.05) is 42.6 Å². The van der Waals surface area contributed by atoms with Gasteiger partial charge in [0, 0.05) is 43.3 Å². The van der Waals surface area contributed by atoms with Gasteiger partial charge < -0.3 is 20.3 Å². The molecular weight excluding hydrogens is 462 g/mol. The summed E-state index contributed by atoms with van der Waals surface area (Å²) in [5.41, 5.74) is 1.79. The average Bonchev–Trinajstić information content (AvgIpc) is 3.42. The molecule has 1 aliphatic heterocycles. The number of aromatic nitrogens is 1. The van der Waals surface area contributed by atoms with Crippen molar-refractivity contribution in [2.75, 3.05) is 38.2 Å². The molecule has 3 heterocycles. The van der Waals surface area contributed by atoms with E-state index in [1.54, 1.807) is 36.8 Å². The van der Waals surface area contributed by atoms with E-state index in [4.69, 9.17) is 4.74 Å². The van der Waals surface area contributed by atoms with Crippen LogP contribution in [0.1, 0.15) is 23.5 Å². The van der Waals surface area contributed by atoms with E-state index in [9.17, 15) is 9.59 Å². The Kier molecular flexibility index (Phi) is 8.33. The number of hydrogen-bond donors (Lipinski definition) is 2. The first-order chi connectivity index (χ1) is 17.1. The molecule has 1 fully saturated rings. The van der Waals surface area contributed by atoms with Crippen molar-refractivity contribution in [3.8, 4) is 5.75 Å². The predicted octanol–water partition coefficient (Wildman–Crippen LogP) is 2.84. The highest BCUT2D eigenvalue weighted by Gasteiger charge is 2.32. The second kappa shape index (κ2) is 11.8. The van der Waals surface area contributed by atoms with E-state index in [1.165, 1.54) is 0 Å². The molecule has 1 aromatic carbocycles. The number of hydrogen-bond acceptors (Lipinski definition) is 7. The van der Waals surface area contributed by atoms with Gasteiger partial charge in [0.1, 0.15) is 5.75 Å². The van der Waals surface area contributed by atoms with Crippen LogP contribution < -0.4 is 20.3 Å². The van der Waals surface area contributed by atoms with E-state index in [0.29, 0.717) is 5.69 Å². The van der Waals surface area contributed by atoms with Crippen molar-refractivity contribution in [3.63, 3.8) is 0 Å². The summed E-state index contributed by atoms with van der Waals surface area (Å²) in [6.07, 6.45) is 1.66. The van der Waals surface area contributed by atoms with Crippen LogP contribution in [0.15, 0.2) is 66.2 Å². The van der Waals surface area contributed by atoms with Crippen molar-refractivity contribution >= 4 is 28.8 Å². The van der Waals surface area contributed by atoms with Crippen molar-refractivity contribution in [2.45, 2.75) is 25.6 Å². The molecule has 0 unspecified atom stereocenters. The number of benzene rings is 1. The molecular formula is C26H31N5O3S. The van der Waals surface area contributed by atoms with Gasteiger partial charge in [-0.25, -0.2) is 0 Å². The van der Waals surface area contributed by atoms with Crippen LogP contribution in [-0.2, 0) is 16.1 Å². The molecule has 1 saturated heterocycles. The molecule has 2 amide bonds. The molecule has 2 N–H and O–H groups in total. The average molecular weight is 494 g/mol. The number of ether oxygens (including phenoxy) is 1. The summed E-state index contributed by atoms with van der Waals surface area (Å²) >= 11 is 1.66. The van der Waals surface area contributed by atoms with Gasteiger partial charge in [0.05, 0.1) is 31.1 Å². The number of carbonyl (C=O) groups excluding carboxylic acids is 2. The summed E-state index contributed by atoms with van der Waals surface area (Å²) < 4.78 is 5.54. The summed E-state index contributed by atoms with van der Waals surface area (Å²) in [6.45, 7) is 5.50. The Morgan fingerprint density at radius 1 is 1.03 bits per heavy atom. The maximum Gasteiger partial charge on any atom is 0.309 e. The first-order valence-electron chi connectivity index (χ1n) is 11.7. The van der Waals surface area contributed by atoms with Crippen molar-refractivity contribution in [1.29, 1.82) is 0 Å². The number of nitrogens with zero attached hydrogens (tertiary/aromatic N) is 3. The normalized spacial score (nSPS) is 15.8.